The molecule has 4 aromatic carbocycles. The van der Waals surface area contributed by atoms with Crippen LogP contribution in [0.2, 0.25) is 0 Å². The zero-order chi connectivity index (χ0) is 33.6. The van der Waals surface area contributed by atoms with Crippen LogP contribution in [0.4, 0.5) is 0 Å². The highest BCUT2D eigenvalue weighted by Crippen LogP contribution is 2.32. The van der Waals surface area contributed by atoms with Crippen molar-refractivity contribution in [2.24, 2.45) is 11.8 Å². The van der Waals surface area contributed by atoms with Crippen molar-refractivity contribution in [1.29, 1.82) is 0 Å². The summed E-state index contributed by atoms with van der Waals surface area (Å²) < 4.78 is 17.9. The third-order valence-corrected chi connectivity index (χ3v) is 8.72. The number of benzene rings is 4. The van der Waals surface area contributed by atoms with Crippen LogP contribution in [0.5, 0.6) is 5.75 Å². The Balaban J connectivity index is 1.58. The van der Waals surface area contributed by atoms with Gasteiger partial charge in [-0.3, -0.25) is 9.59 Å². The first-order chi connectivity index (χ1) is 23.6. The molecule has 48 heavy (non-hydrogen) atoms. The van der Waals surface area contributed by atoms with Gasteiger partial charge in [-0.05, 0) is 60.1 Å². The maximum Gasteiger partial charge on any atom is 0.310 e. The van der Waals surface area contributed by atoms with Gasteiger partial charge < -0.3 is 24.2 Å². The van der Waals surface area contributed by atoms with E-state index in [1.54, 1.807) is 7.11 Å². The minimum Gasteiger partial charge on any atom is -0.491 e. The highest BCUT2D eigenvalue weighted by molar-refractivity contribution is 5.80. The van der Waals surface area contributed by atoms with Gasteiger partial charge in [0.15, 0.2) is 0 Å². The quantitative estimate of drug-likeness (QED) is 0.135. The molecule has 4 aromatic rings. The van der Waals surface area contributed by atoms with Crippen LogP contribution in [0.25, 0.3) is 0 Å². The SMILES string of the molecule is COCC1C(c2ccccc2)OC(=O)C(Cc2ccccc2)CC=CCC(Cc2ccccc2)C(=O)N1Cc1ccc(OCCO)cc1. The van der Waals surface area contributed by atoms with Crippen molar-refractivity contribution < 1.29 is 28.9 Å². The van der Waals surface area contributed by atoms with E-state index in [4.69, 9.17) is 14.2 Å². The molecule has 1 amide bonds. The van der Waals surface area contributed by atoms with Crippen LogP contribution in [0.1, 0.15) is 41.2 Å². The number of hydrogen-bond acceptors (Lipinski definition) is 6. The third-order valence-electron chi connectivity index (χ3n) is 8.72. The van der Waals surface area contributed by atoms with Crippen LogP contribution in [0.15, 0.2) is 127 Å². The van der Waals surface area contributed by atoms with E-state index in [1.807, 2.05) is 120 Å². The molecule has 0 saturated heterocycles. The van der Waals surface area contributed by atoms with Gasteiger partial charge in [0.05, 0.1) is 25.2 Å². The molecule has 0 spiro atoms. The molecule has 0 bridgehead atoms. The first-order valence-electron chi connectivity index (χ1n) is 16.7. The van der Waals surface area contributed by atoms with Crippen molar-refractivity contribution in [3.63, 3.8) is 0 Å². The lowest BCUT2D eigenvalue weighted by molar-refractivity contribution is -0.164. The molecular formula is C41H45NO6. The maximum absolute atomic E-state index is 14.9. The van der Waals surface area contributed by atoms with Crippen molar-refractivity contribution in [1.82, 2.24) is 4.90 Å². The molecule has 0 aliphatic carbocycles. The summed E-state index contributed by atoms with van der Waals surface area (Å²) in [7, 11) is 1.61. The Morgan fingerprint density at radius 3 is 1.88 bits per heavy atom. The molecule has 0 fully saturated rings. The smallest absolute Gasteiger partial charge is 0.310 e. The van der Waals surface area contributed by atoms with Crippen LogP contribution in [0, 0.1) is 11.8 Å². The van der Waals surface area contributed by atoms with E-state index < -0.39 is 18.1 Å². The summed E-state index contributed by atoms with van der Waals surface area (Å²) in [6.07, 6.45) is 5.45. The first-order valence-corrected chi connectivity index (χ1v) is 16.7. The number of cyclic esters (lactones) is 1. The first kappa shape index (κ1) is 34.6. The van der Waals surface area contributed by atoms with E-state index in [1.165, 1.54) is 0 Å². The summed E-state index contributed by atoms with van der Waals surface area (Å²) in [5.41, 5.74) is 3.83. The summed E-state index contributed by atoms with van der Waals surface area (Å²) in [4.78, 5) is 30.8. The van der Waals surface area contributed by atoms with Gasteiger partial charge in [0.2, 0.25) is 5.91 Å². The zero-order valence-electron chi connectivity index (χ0n) is 27.5. The second-order valence-electron chi connectivity index (χ2n) is 12.2. The predicted octanol–water partition coefficient (Wildman–Crippen LogP) is 6.75. The van der Waals surface area contributed by atoms with Crippen molar-refractivity contribution in [2.75, 3.05) is 26.9 Å². The van der Waals surface area contributed by atoms with E-state index in [9.17, 15) is 14.7 Å². The molecule has 0 saturated carbocycles. The fourth-order valence-electron chi connectivity index (χ4n) is 6.24. The molecule has 7 heteroatoms. The number of rotatable bonds is 12. The summed E-state index contributed by atoms with van der Waals surface area (Å²) in [5, 5.41) is 9.17. The molecule has 4 unspecified atom stereocenters. The molecule has 1 aliphatic rings. The van der Waals surface area contributed by atoms with E-state index in [0.29, 0.717) is 31.4 Å². The van der Waals surface area contributed by atoms with Gasteiger partial charge in [-0.1, -0.05) is 115 Å². The van der Waals surface area contributed by atoms with Gasteiger partial charge in [-0.15, -0.1) is 0 Å². The Hall–Kier alpha value is -4.72. The van der Waals surface area contributed by atoms with Gasteiger partial charge in [0.1, 0.15) is 18.5 Å². The average Bonchev–Trinajstić information content (AvgIpc) is 3.13. The van der Waals surface area contributed by atoms with Gasteiger partial charge in [-0.25, -0.2) is 0 Å². The predicted molar refractivity (Wildman–Crippen MR) is 186 cm³/mol. The molecule has 0 radical (unpaired) electrons. The topological polar surface area (TPSA) is 85.3 Å². The Kier molecular flexibility index (Phi) is 13.0. The number of carbonyl (C=O) groups excluding carboxylic acids is 2. The molecule has 0 aromatic heterocycles. The maximum atomic E-state index is 14.9. The number of methoxy groups -OCH3 is 1. The number of allylic oxidation sites excluding steroid dienone is 2. The minimum absolute atomic E-state index is 0.0375. The summed E-state index contributed by atoms with van der Waals surface area (Å²) in [6.45, 7) is 0.555. The highest BCUT2D eigenvalue weighted by atomic mass is 16.5. The van der Waals surface area contributed by atoms with Crippen LogP contribution in [-0.4, -0.2) is 54.9 Å². The number of amides is 1. The molecule has 1 N–H and O–H groups in total. The lowest BCUT2D eigenvalue weighted by atomic mass is 9.90. The highest BCUT2D eigenvalue weighted by Gasteiger charge is 2.38. The summed E-state index contributed by atoms with van der Waals surface area (Å²) in [6, 6.07) is 36.6. The van der Waals surface area contributed by atoms with Gasteiger partial charge >= 0.3 is 5.97 Å². The van der Waals surface area contributed by atoms with Gasteiger partial charge in [-0.2, -0.15) is 0 Å². The summed E-state index contributed by atoms with van der Waals surface area (Å²) in [5.74, 6) is -0.467. The number of carbonyl (C=O) groups is 2. The van der Waals surface area contributed by atoms with Crippen LogP contribution >= 0.6 is 0 Å². The Morgan fingerprint density at radius 1 is 0.729 bits per heavy atom. The normalized spacial score (nSPS) is 20.4. The van der Waals surface area contributed by atoms with Crippen molar-refractivity contribution in [2.45, 2.75) is 44.4 Å². The Bertz CT molecular complexity index is 1580. The van der Waals surface area contributed by atoms with Gasteiger partial charge in [0, 0.05) is 19.6 Å². The molecule has 4 atom stereocenters. The molecule has 5 rings (SSSR count). The van der Waals surface area contributed by atoms with Crippen LogP contribution < -0.4 is 4.74 Å². The standard InChI is InChI=1S/C41H45NO6/c1-46-30-38-39(34-17-9-4-10-18-34)48-41(45)36(28-32-15-7-3-8-16-32)20-12-11-19-35(27-31-13-5-2-6-14-31)40(44)42(38)29-33-21-23-37(24-22-33)47-26-25-43/h2-18,21-24,35-36,38-39,43H,19-20,25-30H2,1H3. The Morgan fingerprint density at radius 2 is 1.29 bits per heavy atom. The van der Waals surface area contributed by atoms with Crippen LogP contribution in [0.3, 0.4) is 0 Å². The molecule has 1 aliphatic heterocycles. The second kappa shape index (κ2) is 18.0. The molecule has 1 heterocycles. The third kappa shape index (κ3) is 9.66. The second-order valence-corrected chi connectivity index (χ2v) is 12.2. The fraction of sp³-hybridized carbons (Fsp3) is 0.317. The average molecular weight is 648 g/mol. The molecular weight excluding hydrogens is 602 g/mol. The van der Waals surface area contributed by atoms with Crippen molar-refractivity contribution in [3.05, 3.63) is 150 Å². The summed E-state index contributed by atoms with van der Waals surface area (Å²) >= 11 is 0. The number of esters is 1. The van der Waals surface area contributed by atoms with Crippen molar-refractivity contribution in [3.8, 4) is 5.75 Å². The van der Waals surface area contributed by atoms with E-state index >= 15 is 0 Å². The largest absolute Gasteiger partial charge is 0.491 e. The zero-order valence-corrected chi connectivity index (χ0v) is 27.5. The fourth-order valence-corrected chi connectivity index (χ4v) is 6.24. The lowest BCUT2D eigenvalue weighted by Crippen LogP contribution is -2.49. The number of aliphatic hydroxyl groups excluding tert-OH is 1. The Labute approximate surface area is 283 Å². The lowest BCUT2D eigenvalue weighted by Gasteiger charge is -2.39. The minimum atomic E-state index is -0.770. The van der Waals surface area contributed by atoms with Gasteiger partial charge in [0.25, 0.3) is 0 Å². The molecule has 7 nitrogen and oxygen atoms in total. The van der Waals surface area contributed by atoms with Crippen LogP contribution in [-0.2, 0) is 38.4 Å². The monoisotopic (exact) mass is 647 g/mol. The number of hydrogen-bond donors (Lipinski definition) is 1. The number of aliphatic hydroxyl groups is 1. The van der Waals surface area contributed by atoms with E-state index in [-0.39, 0.29) is 44.2 Å². The number of nitrogens with zero attached hydrogens (tertiary/aromatic N) is 1. The molecule has 250 valence electrons. The number of ether oxygens (including phenoxy) is 3. The van der Waals surface area contributed by atoms with E-state index in [2.05, 4.69) is 12.1 Å². The van der Waals surface area contributed by atoms with E-state index in [0.717, 1.165) is 22.3 Å². The van der Waals surface area contributed by atoms with Crippen molar-refractivity contribution >= 4 is 11.9 Å².